The number of aromatic amines is 1. The zero-order chi connectivity index (χ0) is 16.4. The van der Waals surface area contributed by atoms with Gasteiger partial charge >= 0.3 is 7.82 Å². The van der Waals surface area contributed by atoms with E-state index in [4.69, 9.17) is 19.5 Å². The molecule has 5 atom stereocenters. The Balaban J connectivity index is 1.82. The number of ether oxygens (including phenoxy) is 1. The van der Waals surface area contributed by atoms with Crippen LogP contribution in [0.25, 0.3) is 11.2 Å². The largest absolute Gasteiger partial charge is 0.473 e. The molecule has 2 aliphatic heterocycles. The maximum Gasteiger partial charge on any atom is 0.473 e. The zero-order valence-electron chi connectivity index (χ0n) is 11.4. The Morgan fingerprint density at radius 2 is 2.17 bits per heavy atom. The lowest BCUT2D eigenvalue weighted by Crippen LogP contribution is -2.30. The van der Waals surface area contributed by atoms with Gasteiger partial charge in [-0.05, 0) is 0 Å². The molecule has 4 rings (SSSR count). The first kappa shape index (κ1) is 14.8. The molecule has 0 saturated carbocycles. The topological polar surface area (TPSA) is 175 Å². The molecule has 2 aliphatic rings. The van der Waals surface area contributed by atoms with Crippen LogP contribution in [-0.2, 0) is 18.3 Å². The Hall–Kier alpha value is -1.82. The average molecular weight is 345 g/mol. The summed E-state index contributed by atoms with van der Waals surface area (Å²) in [6.07, 6.45) is -2.46. The van der Waals surface area contributed by atoms with Crippen molar-refractivity contribution in [2.45, 2.75) is 24.5 Å². The minimum atomic E-state index is -4.23. The molecular weight excluding hydrogens is 333 g/mol. The monoisotopic (exact) mass is 345 g/mol. The molecule has 2 aromatic rings. The van der Waals surface area contributed by atoms with Gasteiger partial charge in [-0.1, -0.05) is 0 Å². The van der Waals surface area contributed by atoms with Crippen LogP contribution in [0, 0.1) is 0 Å². The molecule has 0 aliphatic carbocycles. The van der Waals surface area contributed by atoms with Crippen LogP contribution in [0.2, 0.25) is 0 Å². The molecule has 0 radical (unpaired) electrons. The molecule has 12 nitrogen and oxygen atoms in total. The van der Waals surface area contributed by atoms with Crippen LogP contribution in [0.4, 0.5) is 5.95 Å². The lowest BCUT2D eigenvalue weighted by atomic mass is 10.1. The molecular formula is C10H12N5O7P. The van der Waals surface area contributed by atoms with Gasteiger partial charge < -0.3 is 20.5 Å². The number of aliphatic hydroxyl groups excluding tert-OH is 1. The first-order valence-corrected chi connectivity index (χ1v) is 8.07. The quantitative estimate of drug-likeness (QED) is 0.467. The molecule has 2 aromatic heterocycles. The number of fused-ring (bicyclic) bond motifs is 2. The van der Waals surface area contributed by atoms with Crippen molar-refractivity contribution in [1.82, 2.24) is 19.5 Å². The number of imidazole rings is 1. The van der Waals surface area contributed by atoms with E-state index in [1.807, 2.05) is 0 Å². The van der Waals surface area contributed by atoms with Crippen LogP contribution in [0.3, 0.4) is 0 Å². The summed E-state index contributed by atoms with van der Waals surface area (Å²) in [5, 5.41) is 9.35. The van der Waals surface area contributed by atoms with Crippen molar-refractivity contribution in [3.8, 4) is 0 Å². The summed E-state index contributed by atoms with van der Waals surface area (Å²) in [6.45, 7) is -0.441. The average Bonchev–Trinajstić information content (AvgIpc) is 3.09. The molecule has 0 aromatic carbocycles. The van der Waals surface area contributed by atoms with E-state index in [0.717, 1.165) is 0 Å². The van der Waals surface area contributed by atoms with E-state index in [1.165, 1.54) is 10.9 Å². The molecule has 23 heavy (non-hydrogen) atoms. The van der Waals surface area contributed by atoms with Gasteiger partial charge in [0.05, 0.1) is 12.9 Å². The number of rotatable bonds is 2. The number of aromatic nitrogens is 4. The van der Waals surface area contributed by atoms with Crippen molar-refractivity contribution in [3.63, 3.8) is 0 Å². The Labute approximate surface area is 127 Å². The Kier molecular flexibility index (Phi) is 3.10. The van der Waals surface area contributed by atoms with E-state index in [-0.39, 0.29) is 17.1 Å². The smallest absolute Gasteiger partial charge is 0.394 e. The fourth-order valence-electron chi connectivity index (χ4n) is 2.78. The summed E-state index contributed by atoms with van der Waals surface area (Å²) in [4.78, 5) is 31.5. The Morgan fingerprint density at radius 3 is 2.91 bits per heavy atom. The van der Waals surface area contributed by atoms with Crippen molar-refractivity contribution < 1.29 is 28.3 Å². The van der Waals surface area contributed by atoms with Crippen LogP contribution in [0.15, 0.2) is 11.1 Å². The van der Waals surface area contributed by atoms with E-state index in [2.05, 4.69) is 15.0 Å². The maximum absolute atomic E-state index is 11.8. The van der Waals surface area contributed by atoms with Crippen molar-refractivity contribution in [2.75, 3.05) is 12.3 Å². The predicted molar refractivity (Wildman–Crippen MR) is 73.1 cm³/mol. The van der Waals surface area contributed by atoms with Gasteiger partial charge in [0.1, 0.15) is 18.3 Å². The number of aliphatic hydroxyl groups is 1. The molecule has 124 valence electrons. The number of phosphoric acid groups is 1. The van der Waals surface area contributed by atoms with E-state index >= 15 is 0 Å². The fourth-order valence-corrected chi connectivity index (χ4v) is 3.92. The summed E-state index contributed by atoms with van der Waals surface area (Å²) in [7, 11) is -4.23. The second-order valence-electron chi connectivity index (χ2n) is 5.13. The SMILES string of the molecule is Nc1nc2c(ncn2[C@H]2O[C@@H](CO)[C@H]3OP(=O)(O)O[C@@H]32)c(=O)[nH]1. The number of nitrogen functional groups attached to an aromatic ring is 1. The molecule has 2 fully saturated rings. The molecule has 1 unspecified atom stereocenters. The first-order chi connectivity index (χ1) is 10.9. The first-order valence-electron chi connectivity index (χ1n) is 6.58. The second kappa shape index (κ2) is 4.84. The van der Waals surface area contributed by atoms with Crippen molar-refractivity contribution >= 4 is 24.9 Å². The third kappa shape index (κ3) is 2.19. The van der Waals surface area contributed by atoms with Crippen molar-refractivity contribution in [2.24, 2.45) is 0 Å². The second-order valence-corrected chi connectivity index (χ2v) is 6.49. The molecule has 4 heterocycles. The van der Waals surface area contributed by atoms with Crippen LogP contribution in [-0.4, -0.2) is 54.4 Å². The van der Waals surface area contributed by atoms with E-state index in [1.54, 1.807) is 0 Å². The number of H-pyrrole nitrogens is 1. The number of nitrogens with two attached hydrogens (primary N) is 1. The van der Waals surface area contributed by atoms with Crippen LogP contribution < -0.4 is 11.3 Å². The van der Waals surface area contributed by atoms with Crippen molar-refractivity contribution in [3.05, 3.63) is 16.7 Å². The highest BCUT2D eigenvalue weighted by Gasteiger charge is 2.57. The van der Waals surface area contributed by atoms with Crippen LogP contribution >= 0.6 is 7.82 Å². The van der Waals surface area contributed by atoms with E-state index in [9.17, 15) is 19.4 Å². The van der Waals surface area contributed by atoms with Gasteiger partial charge in [-0.3, -0.25) is 23.4 Å². The minimum absolute atomic E-state index is 0.0258. The minimum Gasteiger partial charge on any atom is -0.394 e. The van der Waals surface area contributed by atoms with Gasteiger partial charge in [0.15, 0.2) is 17.4 Å². The summed E-state index contributed by atoms with van der Waals surface area (Å²) in [5.41, 5.74) is 5.14. The highest BCUT2D eigenvalue weighted by molar-refractivity contribution is 7.47. The summed E-state index contributed by atoms with van der Waals surface area (Å²) >= 11 is 0. The fraction of sp³-hybridized carbons (Fsp3) is 0.500. The highest BCUT2D eigenvalue weighted by atomic mass is 31.2. The maximum atomic E-state index is 11.8. The van der Waals surface area contributed by atoms with Crippen LogP contribution in [0.5, 0.6) is 0 Å². The Morgan fingerprint density at radius 1 is 1.43 bits per heavy atom. The van der Waals surface area contributed by atoms with Crippen LogP contribution in [0.1, 0.15) is 6.23 Å². The number of nitrogens with zero attached hydrogens (tertiary/aromatic N) is 3. The normalized spacial score (nSPS) is 36.6. The summed E-state index contributed by atoms with van der Waals surface area (Å²) < 4.78 is 28.5. The molecule has 0 bridgehead atoms. The predicted octanol–water partition coefficient (Wildman–Crippen LogP) is -1.52. The number of hydrogen-bond acceptors (Lipinski definition) is 9. The number of anilines is 1. The van der Waals surface area contributed by atoms with Gasteiger partial charge in [0, 0.05) is 0 Å². The molecule has 5 N–H and O–H groups in total. The van der Waals surface area contributed by atoms with Gasteiger partial charge in [0.25, 0.3) is 5.56 Å². The van der Waals surface area contributed by atoms with Gasteiger partial charge in [-0.15, -0.1) is 0 Å². The third-order valence-corrected chi connectivity index (χ3v) is 4.72. The highest BCUT2D eigenvalue weighted by Crippen LogP contribution is 2.58. The van der Waals surface area contributed by atoms with Crippen molar-refractivity contribution in [1.29, 1.82) is 0 Å². The molecule has 2 saturated heterocycles. The number of hydrogen-bond donors (Lipinski definition) is 4. The standard InChI is InChI=1S/C10H12N5O7P/c11-10-13-7-4(8(17)14-10)12-2-15(7)9-6-5(3(1-16)20-9)21-23(18,19)22-6/h2-3,5-6,9,16H,1H2,(H,18,19)(H3,11,13,14,17)/t3-,5+,6-,9-/m0/s1. The lowest BCUT2D eigenvalue weighted by Gasteiger charge is -2.18. The van der Waals surface area contributed by atoms with E-state index in [0.29, 0.717) is 0 Å². The Bertz CT molecular complexity index is 880. The molecule has 0 spiro atoms. The molecule has 13 heteroatoms. The van der Waals surface area contributed by atoms with Gasteiger partial charge in [0.2, 0.25) is 5.95 Å². The third-order valence-electron chi connectivity index (χ3n) is 3.70. The van der Waals surface area contributed by atoms with Gasteiger partial charge in [-0.2, -0.15) is 4.98 Å². The number of nitrogens with one attached hydrogen (secondary N) is 1. The molecule has 0 amide bonds. The van der Waals surface area contributed by atoms with E-state index < -0.39 is 44.5 Å². The van der Waals surface area contributed by atoms with Gasteiger partial charge in [-0.25, -0.2) is 9.55 Å². The number of phosphoric ester groups is 1. The summed E-state index contributed by atoms with van der Waals surface area (Å²) in [6, 6.07) is 0. The lowest BCUT2D eigenvalue weighted by molar-refractivity contribution is -0.0589. The zero-order valence-corrected chi connectivity index (χ0v) is 12.3. The summed E-state index contributed by atoms with van der Waals surface area (Å²) in [5.74, 6) is -0.117.